The molecule has 0 saturated carbocycles. The molecule has 0 aliphatic carbocycles. The summed E-state index contributed by atoms with van der Waals surface area (Å²) in [5, 5.41) is 12.3. The fourth-order valence-electron chi connectivity index (χ4n) is 4.77. The summed E-state index contributed by atoms with van der Waals surface area (Å²) in [6.45, 7) is 9.15. The standard InChI is InChI=1S/C31H43IN4O4/c1-20(2)17-26-29(37)34-14-8-11-23-10-5-6-13-27(23)40-16-15-33-25(19-22-9-7-12-24(32)18-22)30(38)36-28(21(3)4)31(39)35-26/h5-7,9-10,12-13,18,20-21,25-26,28,33H,8,11,14-17,19H2,1-4H3,(H,34,37)(H,35,39)(H,36,38)/t25-,26+,28-/m1/s1. The van der Waals surface area contributed by atoms with Gasteiger partial charge in [-0.1, -0.05) is 58.0 Å². The van der Waals surface area contributed by atoms with E-state index in [1.54, 1.807) is 0 Å². The fourth-order valence-corrected chi connectivity index (χ4v) is 5.38. The van der Waals surface area contributed by atoms with Gasteiger partial charge in [0, 0.05) is 16.7 Å². The van der Waals surface area contributed by atoms with Gasteiger partial charge in [-0.15, -0.1) is 0 Å². The van der Waals surface area contributed by atoms with Crippen molar-refractivity contribution in [1.29, 1.82) is 0 Å². The van der Waals surface area contributed by atoms with Crippen LogP contribution in [0.5, 0.6) is 5.75 Å². The molecule has 2 aromatic rings. The predicted octanol–water partition coefficient (Wildman–Crippen LogP) is 3.61. The number of para-hydroxylation sites is 1. The van der Waals surface area contributed by atoms with Gasteiger partial charge in [0.1, 0.15) is 24.4 Å². The molecule has 1 aliphatic rings. The molecule has 0 saturated heterocycles. The molecule has 3 amide bonds. The van der Waals surface area contributed by atoms with Gasteiger partial charge < -0.3 is 26.0 Å². The van der Waals surface area contributed by atoms with Gasteiger partial charge in [-0.3, -0.25) is 14.4 Å². The summed E-state index contributed by atoms with van der Waals surface area (Å²) in [4.78, 5) is 40.1. The average molecular weight is 663 g/mol. The van der Waals surface area contributed by atoms with E-state index in [1.165, 1.54) is 0 Å². The minimum absolute atomic E-state index is 0.171. The first kappa shape index (κ1) is 31.9. The lowest BCUT2D eigenvalue weighted by molar-refractivity contribution is -0.133. The number of halogens is 1. The number of aryl methyl sites for hydroxylation is 1. The molecular weight excluding hydrogens is 619 g/mol. The molecule has 0 radical (unpaired) electrons. The van der Waals surface area contributed by atoms with E-state index in [9.17, 15) is 14.4 Å². The zero-order valence-corrected chi connectivity index (χ0v) is 26.1. The van der Waals surface area contributed by atoms with Crippen molar-refractivity contribution in [1.82, 2.24) is 21.3 Å². The van der Waals surface area contributed by atoms with Gasteiger partial charge in [0.15, 0.2) is 0 Å². The maximum atomic E-state index is 13.6. The van der Waals surface area contributed by atoms with Gasteiger partial charge in [0.25, 0.3) is 0 Å². The van der Waals surface area contributed by atoms with Crippen LogP contribution in [0, 0.1) is 15.4 Å². The predicted molar refractivity (Wildman–Crippen MR) is 166 cm³/mol. The second-order valence-corrected chi connectivity index (χ2v) is 12.4. The molecule has 1 heterocycles. The minimum Gasteiger partial charge on any atom is -0.492 e. The molecule has 3 atom stereocenters. The van der Waals surface area contributed by atoms with E-state index in [0.717, 1.165) is 33.3 Å². The molecule has 0 aromatic heterocycles. The van der Waals surface area contributed by atoms with Gasteiger partial charge in [-0.05, 0) is 89.4 Å². The average Bonchev–Trinajstić information content (AvgIpc) is 2.90. The van der Waals surface area contributed by atoms with Crippen molar-refractivity contribution in [2.24, 2.45) is 11.8 Å². The number of hydrogen-bond acceptors (Lipinski definition) is 5. The van der Waals surface area contributed by atoms with Gasteiger partial charge in [-0.25, -0.2) is 0 Å². The largest absolute Gasteiger partial charge is 0.492 e. The third-order valence-corrected chi connectivity index (χ3v) is 7.55. The number of nitrogens with one attached hydrogen (secondary N) is 4. The summed E-state index contributed by atoms with van der Waals surface area (Å²) >= 11 is 2.26. The summed E-state index contributed by atoms with van der Waals surface area (Å²) < 4.78 is 7.18. The lowest BCUT2D eigenvalue weighted by Crippen LogP contribution is -2.58. The Morgan fingerprint density at radius 2 is 1.68 bits per heavy atom. The highest BCUT2D eigenvalue weighted by molar-refractivity contribution is 14.1. The van der Waals surface area contributed by atoms with E-state index >= 15 is 0 Å². The van der Waals surface area contributed by atoms with E-state index in [2.05, 4.69) is 49.9 Å². The molecule has 2 aromatic carbocycles. The molecular formula is C31H43IN4O4. The lowest BCUT2D eigenvalue weighted by Gasteiger charge is -2.28. The minimum atomic E-state index is -0.780. The summed E-state index contributed by atoms with van der Waals surface area (Å²) in [7, 11) is 0. The Morgan fingerprint density at radius 3 is 2.40 bits per heavy atom. The second-order valence-electron chi connectivity index (χ2n) is 11.1. The summed E-state index contributed by atoms with van der Waals surface area (Å²) in [5.74, 6) is 0.0114. The topological polar surface area (TPSA) is 109 Å². The van der Waals surface area contributed by atoms with Crippen LogP contribution in [-0.4, -0.2) is 55.5 Å². The number of carbonyl (C=O) groups excluding carboxylic acids is 3. The fraction of sp³-hybridized carbons (Fsp3) is 0.516. The van der Waals surface area contributed by atoms with Crippen molar-refractivity contribution in [2.45, 2.75) is 71.5 Å². The molecule has 40 heavy (non-hydrogen) atoms. The number of ether oxygens (including phenoxy) is 1. The number of amides is 3. The third kappa shape index (κ3) is 10.1. The van der Waals surface area contributed by atoms with Gasteiger partial charge in [0.2, 0.25) is 17.7 Å². The molecule has 8 nitrogen and oxygen atoms in total. The monoisotopic (exact) mass is 662 g/mol. The number of fused-ring (bicyclic) bond motifs is 1. The van der Waals surface area contributed by atoms with Crippen molar-refractivity contribution in [2.75, 3.05) is 19.7 Å². The van der Waals surface area contributed by atoms with Gasteiger partial charge >= 0.3 is 0 Å². The van der Waals surface area contributed by atoms with Crippen LogP contribution in [0.15, 0.2) is 48.5 Å². The highest BCUT2D eigenvalue weighted by atomic mass is 127. The molecule has 1 aliphatic heterocycles. The summed E-state index contributed by atoms with van der Waals surface area (Å²) in [6.07, 6.45) is 2.46. The van der Waals surface area contributed by atoms with Crippen LogP contribution in [0.2, 0.25) is 0 Å². The number of rotatable bonds is 5. The zero-order valence-electron chi connectivity index (χ0n) is 24.0. The summed E-state index contributed by atoms with van der Waals surface area (Å²) in [6, 6.07) is 13.9. The Bertz CT molecular complexity index is 1140. The van der Waals surface area contributed by atoms with Crippen LogP contribution in [0.25, 0.3) is 0 Å². The smallest absolute Gasteiger partial charge is 0.243 e. The van der Waals surface area contributed by atoms with Gasteiger partial charge in [0.05, 0.1) is 6.04 Å². The molecule has 218 valence electrons. The number of hydrogen-bond donors (Lipinski definition) is 4. The number of carbonyl (C=O) groups is 3. The molecule has 0 unspecified atom stereocenters. The van der Waals surface area contributed by atoms with Crippen LogP contribution >= 0.6 is 22.6 Å². The zero-order chi connectivity index (χ0) is 29.1. The van der Waals surface area contributed by atoms with Crippen LogP contribution in [0.1, 0.15) is 51.7 Å². The highest BCUT2D eigenvalue weighted by Crippen LogP contribution is 2.19. The van der Waals surface area contributed by atoms with E-state index in [4.69, 9.17) is 4.74 Å². The quantitative estimate of drug-likeness (QED) is 0.366. The Kier molecular flexibility index (Phi) is 12.7. The van der Waals surface area contributed by atoms with E-state index < -0.39 is 18.1 Å². The van der Waals surface area contributed by atoms with E-state index in [1.807, 2.05) is 70.2 Å². The number of benzene rings is 2. The maximum absolute atomic E-state index is 13.6. The van der Waals surface area contributed by atoms with Crippen molar-refractivity contribution < 1.29 is 19.1 Å². The van der Waals surface area contributed by atoms with Crippen molar-refractivity contribution in [3.05, 3.63) is 63.2 Å². The first-order chi connectivity index (χ1) is 19.1. The van der Waals surface area contributed by atoms with Crippen molar-refractivity contribution >= 4 is 40.3 Å². The Labute approximate surface area is 251 Å². The lowest BCUT2D eigenvalue weighted by atomic mass is 9.99. The first-order valence-electron chi connectivity index (χ1n) is 14.2. The third-order valence-electron chi connectivity index (χ3n) is 6.88. The molecule has 4 N–H and O–H groups in total. The Balaban J connectivity index is 1.87. The van der Waals surface area contributed by atoms with Crippen LogP contribution in [-0.2, 0) is 27.2 Å². The second kappa shape index (κ2) is 16.0. The van der Waals surface area contributed by atoms with E-state index in [-0.39, 0.29) is 29.6 Å². The Hall–Kier alpha value is -2.66. The first-order valence-corrected chi connectivity index (χ1v) is 15.3. The normalized spacial score (nSPS) is 21.9. The Morgan fingerprint density at radius 1 is 0.900 bits per heavy atom. The van der Waals surface area contributed by atoms with Crippen LogP contribution < -0.4 is 26.0 Å². The van der Waals surface area contributed by atoms with E-state index in [0.29, 0.717) is 32.5 Å². The van der Waals surface area contributed by atoms with Crippen molar-refractivity contribution in [3.63, 3.8) is 0 Å². The molecule has 0 spiro atoms. The van der Waals surface area contributed by atoms with Crippen molar-refractivity contribution in [3.8, 4) is 5.75 Å². The van der Waals surface area contributed by atoms with Crippen LogP contribution in [0.4, 0.5) is 0 Å². The highest BCUT2D eigenvalue weighted by Gasteiger charge is 2.31. The van der Waals surface area contributed by atoms with Crippen LogP contribution in [0.3, 0.4) is 0 Å². The molecule has 9 heteroatoms. The molecule has 3 rings (SSSR count). The summed E-state index contributed by atoms with van der Waals surface area (Å²) in [5.41, 5.74) is 2.09. The maximum Gasteiger partial charge on any atom is 0.243 e. The van der Waals surface area contributed by atoms with Gasteiger partial charge in [-0.2, -0.15) is 0 Å². The molecule has 0 bridgehead atoms. The SMILES string of the molecule is CC(C)C[C@@H]1NC(=O)[C@@H](C(C)C)NC(=O)[C@@H](Cc2cccc(I)c2)NCCOc2ccccc2CCCNC1=O. The molecule has 0 fully saturated rings.